The molecule has 3 heteroatoms. The molecule has 0 amide bonds. The van der Waals surface area contributed by atoms with Gasteiger partial charge in [-0.2, -0.15) is 0 Å². The molecule has 2 nitrogen and oxygen atoms in total. The molecular formula is C52H33NOS. The minimum absolute atomic E-state index is 0.855. The van der Waals surface area contributed by atoms with Gasteiger partial charge in [0.05, 0.1) is 11.4 Å². The Morgan fingerprint density at radius 3 is 1.69 bits per heavy atom. The fraction of sp³-hybridized carbons (Fsp3) is 0. The number of hydrogen-bond donors (Lipinski definition) is 0. The molecule has 0 unspecified atom stereocenters. The average Bonchev–Trinajstić information content (AvgIpc) is 3.84. The first-order valence-electron chi connectivity index (χ1n) is 18.7. The maximum atomic E-state index is 7.21. The largest absolute Gasteiger partial charge is 0.453 e. The van der Waals surface area contributed by atoms with Crippen molar-refractivity contribution in [1.29, 1.82) is 0 Å². The van der Waals surface area contributed by atoms with Gasteiger partial charge in [-0.1, -0.05) is 158 Å². The maximum absolute atomic E-state index is 7.21. The second kappa shape index (κ2) is 12.9. The molecule has 2 aromatic heterocycles. The summed E-state index contributed by atoms with van der Waals surface area (Å²) in [5.41, 5.74) is 11.8. The minimum atomic E-state index is 0.855. The van der Waals surface area contributed by atoms with Crippen LogP contribution in [0.25, 0.3) is 86.3 Å². The molecule has 0 saturated carbocycles. The predicted molar refractivity (Wildman–Crippen MR) is 235 cm³/mol. The lowest BCUT2D eigenvalue weighted by atomic mass is 9.96. The fourth-order valence-corrected chi connectivity index (χ4v) is 9.47. The number of thiophene rings is 1. The van der Waals surface area contributed by atoms with Crippen molar-refractivity contribution in [3.05, 3.63) is 200 Å². The van der Waals surface area contributed by atoms with Gasteiger partial charge in [0.2, 0.25) is 0 Å². The van der Waals surface area contributed by atoms with Crippen molar-refractivity contribution in [1.82, 2.24) is 0 Å². The highest BCUT2D eigenvalue weighted by Crippen LogP contribution is 2.49. The quantitative estimate of drug-likeness (QED) is 0.170. The molecule has 0 fully saturated rings. The first kappa shape index (κ1) is 31.6. The summed E-state index contributed by atoms with van der Waals surface area (Å²) in [4.78, 5) is 2.43. The van der Waals surface area contributed by atoms with Crippen molar-refractivity contribution in [3.63, 3.8) is 0 Å². The Balaban J connectivity index is 1.23. The molecule has 258 valence electrons. The molecule has 0 N–H and O–H groups in total. The number of benzene rings is 9. The highest BCUT2D eigenvalue weighted by Gasteiger charge is 2.24. The monoisotopic (exact) mass is 719 g/mol. The Morgan fingerprint density at radius 2 is 0.909 bits per heavy atom. The van der Waals surface area contributed by atoms with Gasteiger partial charge in [-0.15, -0.1) is 11.3 Å². The van der Waals surface area contributed by atoms with Gasteiger partial charge in [-0.05, 0) is 81.1 Å². The van der Waals surface area contributed by atoms with E-state index in [4.69, 9.17) is 4.42 Å². The molecule has 0 radical (unpaired) electrons. The van der Waals surface area contributed by atoms with E-state index in [0.717, 1.165) is 55.7 Å². The molecule has 2 heterocycles. The number of furan rings is 1. The van der Waals surface area contributed by atoms with Gasteiger partial charge >= 0.3 is 0 Å². The molecule has 11 aromatic rings. The normalized spacial score (nSPS) is 11.6. The van der Waals surface area contributed by atoms with Crippen LogP contribution in [0, 0.1) is 0 Å². The van der Waals surface area contributed by atoms with E-state index in [1.165, 1.54) is 47.6 Å². The predicted octanol–water partition coefficient (Wildman–Crippen LogP) is 15.6. The van der Waals surface area contributed by atoms with Gasteiger partial charge in [-0.25, -0.2) is 0 Å². The number of para-hydroxylation sites is 2. The Kier molecular flexibility index (Phi) is 7.39. The number of fused-ring (bicyclic) bond motifs is 7. The third-order valence-electron chi connectivity index (χ3n) is 10.8. The topological polar surface area (TPSA) is 16.4 Å². The third kappa shape index (κ3) is 5.24. The molecule has 0 bridgehead atoms. The van der Waals surface area contributed by atoms with Crippen LogP contribution < -0.4 is 4.90 Å². The van der Waals surface area contributed by atoms with E-state index >= 15 is 0 Å². The molecule has 0 spiro atoms. The lowest BCUT2D eigenvalue weighted by Crippen LogP contribution is -2.11. The summed E-state index contributed by atoms with van der Waals surface area (Å²) in [6, 6.07) is 72.1. The lowest BCUT2D eigenvalue weighted by Gasteiger charge is -2.28. The molecule has 0 aliphatic heterocycles. The Bertz CT molecular complexity index is 3150. The van der Waals surface area contributed by atoms with Crippen molar-refractivity contribution < 1.29 is 4.42 Å². The van der Waals surface area contributed by atoms with Crippen LogP contribution in [0.1, 0.15) is 0 Å². The van der Waals surface area contributed by atoms with Crippen LogP contribution in [0.15, 0.2) is 205 Å². The van der Waals surface area contributed by atoms with Crippen LogP contribution >= 0.6 is 11.3 Å². The van der Waals surface area contributed by atoms with Crippen LogP contribution in [-0.2, 0) is 0 Å². The van der Waals surface area contributed by atoms with E-state index in [1.54, 1.807) is 0 Å². The van der Waals surface area contributed by atoms with Crippen molar-refractivity contribution in [2.75, 3.05) is 4.90 Å². The van der Waals surface area contributed by atoms with Gasteiger partial charge < -0.3 is 9.32 Å². The molecule has 11 rings (SSSR count). The van der Waals surface area contributed by atoms with Crippen LogP contribution in [0.4, 0.5) is 17.1 Å². The zero-order valence-corrected chi connectivity index (χ0v) is 30.6. The summed E-state index contributed by atoms with van der Waals surface area (Å²) in [5, 5.41) is 7.10. The average molecular weight is 720 g/mol. The van der Waals surface area contributed by atoms with Crippen LogP contribution in [-0.4, -0.2) is 0 Å². The highest BCUT2D eigenvalue weighted by molar-refractivity contribution is 7.26. The standard InChI is InChI=1S/C52H33NOS/c1-3-15-34(16-4-1)37-31-38(35-17-5-2-6-18-35)33-39(32-37)53(46-27-14-30-49-50(46)45-22-9-10-29-48(45)55-49)47-28-13-26-44-43-25-12-24-42(51(43)54-52(44)47)41-23-11-20-36-19-7-8-21-40(36)41/h1-33H. The Hall–Kier alpha value is -6.94. The van der Waals surface area contributed by atoms with Gasteiger partial charge in [0.1, 0.15) is 5.58 Å². The Labute approximate surface area is 322 Å². The van der Waals surface area contributed by atoms with Crippen LogP contribution in [0.2, 0.25) is 0 Å². The zero-order chi connectivity index (χ0) is 36.3. The second-order valence-electron chi connectivity index (χ2n) is 14.0. The fourth-order valence-electron chi connectivity index (χ4n) is 8.34. The van der Waals surface area contributed by atoms with Crippen molar-refractivity contribution in [3.8, 4) is 33.4 Å². The van der Waals surface area contributed by atoms with E-state index in [0.29, 0.717) is 0 Å². The first-order chi connectivity index (χ1) is 27.3. The summed E-state index contributed by atoms with van der Waals surface area (Å²) in [7, 11) is 0. The number of nitrogens with zero attached hydrogens (tertiary/aromatic N) is 1. The molecule has 0 saturated heterocycles. The van der Waals surface area contributed by atoms with E-state index in [-0.39, 0.29) is 0 Å². The lowest BCUT2D eigenvalue weighted by molar-refractivity contribution is 0.670. The SMILES string of the molecule is c1ccc(-c2cc(-c3ccccc3)cc(N(c3cccc4c3oc3c(-c5cccc6ccccc56)cccc34)c3cccc4sc5ccccc5c34)c2)cc1. The molecule has 0 aliphatic carbocycles. The van der Waals surface area contributed by atoms with Gasteiger partial charge in [-0.3, -0.25) is 0 Å². The summed E-state index contributed by atoms with van der Waals surface area (Å²) < 4.78 is 9.74. The summed E-state index contributed by atoms with van der Waals surface area (Å²) in [6.07, 6.45) is 0. The van der Waals surface area contributed by atoms with Gasteiger partial charge in [0.15, 0.2) is 5.58 Å². The minimum Gasteiger partial charge on any atom is -0.453 e. The van der Waals surface area contributed by atoms with Gasteiger partial charge in [0.25, 0.3) is 0 Å². The van der Waals surface area contributed by atoms with Crippen LogP contribution in [0.5, 0.6) is 0 Å². The Morgan fingerprint density at radius 1 is 0.364 bits per heavy atom. The van der Waals surface area contributed by atoms with Crippen LogP contribution in [0.3, 0.4) is 0 Å². The molecule has 9 aromatic carbocycles. The summed E-state index contributed by atoms with van der Waals surface area (Å²) >= 11 is 1.84. The maximum Gasteiger partial charge on any atom is 0.159 e. The van der Waals surface area contributed by atoms with E-state index in [2.05, 4.69) is 205 Å². The molecule has 55 heavy (non-hydrogen) atoms. The number of hydrogen-bond acceptors (Lipinski definition) is 3. The zero-order valence-electron chi connectivity index (χ0n) is 29.8. The van der Waals surface area contributed by atoms with E-state index in [9.17, 15) is 0 Å². The van der Waals surface area contributed by atoms with Crippen molar-refractivity contribution in [2.45, 2.75) is 0 Å². The molecule has 0 aliphatic rings. The molecular weight excluding hydrogens is 687 g/mol. The number of rotatable bonds is 6. The first-order valence-corrected chi connectivity index (χ1v) is 19.5. The van der Waals surface area contributed by atoms with Gasteiger partial charge in [0, 0.05) is 42.2 Å². The van der Waals surface area contributed by atoms with Crippen molar-refractivity contribution in [2.24, 2.45) is 0 Å². The summed E-state index contributed by atoms with van der Waals surface area (Å²) in [6.45, 7) is 0. The highest BCUT2D eigenvalue weighted by atomic mass is 32.1. The van der Waals surface area contributed by atoms with Crippen molar-refractivity contribution >= 4 is 81.3 Å². The molecule has 0 atom stereocenters. The third-order valence-corrected chi connectivity index (χ3v) is 12.0. The van der Waals surface area contributed by atoms with E-state index < -0.39 is 0 Å². The van der Waals surface area contributed by atoms with E-state index in [1.807, 2.05) is 11.3 Å². The second-order valence-corrected chi connectivity index (χ2v) is 15.1. The number of anilines is 3. The smallest absolute Gasteiger partial charge is 0.159 e. The summed E-state index contributed by atoms with van der Waals surface area (Å²) in [5.74, 6) is 0.